The molecule has 0 saturated carbocycles. The highest BCUT2D eigenvalue weighted by Crippen LogP contribution is 2.21. The third-order valence-corrected chi connectivity index (χ3v) is 4.49. The standard InChI is InChI=1S/C18H27Cl2N3O2.HI/c1-2-21-18(23-11-15-4-5-16(19)10-17(15)20)22-7-3-8-24-12-14-6-9-25-13-14;/h4-5,10,14H,2-3,6-9,11-13H2,1H3,(H2,21,22,23);1H. The van der Waals surface area contributed by atoms with Crippen LogP contribution < -0.4 is 10.6 Å². The lowest BCUT2D eigenvalue weighted by molar-refractivity contribution is 0.0888. The molecule has 1 aliphatic heterocycles. The molecule has 0 aliphatic carbocycles. The molecule has 0 bridgehead atoms. The van der Waals surface area contributed by atoms with Crippen molar-refractivity contribution in [2.24, 2.45) is 10.9 Å². The van der Waals surface area contributed by atoms with Crippen LogP contribution >= 0.6 is 47.2 Å². The van der Waals surface area contributed by atoms with Gasteiger partial charge in [0.1, 0.15) is 0 Å². The summed E-state index contributed by atoms with van der Waals surface area (Å²) in [4.78, 5) is 4.56. The Morgan fingerprint density at radius 2 is 2.19 bits per heavy atom. The van der Waals surface area contributed by atoms with E-state index in [-0.39, 0.29) is 24.0 Å². The molecule has 1 atom stereocenters. The molecule has 1 fully saturated rings. The van der Waals surface area contributed by atoms with Gasteiger partial charge in [0, 0.05) is 42.3 Å². The number of nitrogens with one attached hydrogen (secondary N) is 2. The van der Waals surface area contributed by atoms with Crippen LogP contribution in [0.4, 0.5) is 0 Å². The van der Waals surface area contributed by atoms with Crippen LogP contribution in [0, 0.1) is 5.92 Å². The van der Waals surface area contributed by atoms with Gasteiger partial charge in [-0.25, -0.2) is 4.99 Å². The van der Waals surface area contributed by atoms with E-state index in [1.54, 1.807) is 6.07 Å². The fraction of sp³-hybridized carbons (Fsp3) is 0.611. The number of hydrogen-bond acceptors (Lipinski definition) is 3. The van der Waals surface area contributed by atoms with Crippen LogP contribution in [0.15, 0.2) is 23.2 Å². The SMILES string of the molecule is CCNC(=NCc1ccc(Cl)cc1Cl)NCCCOCC1CCOC1.I. The maximum atomic E-state index is 6.19. The lowest BCUT2D eigenvalue weighted by Gasteiger charge is -2.12. The van der Waals surface area contributed by atoms with Gasteiger partial charge in [0.2, 0.25) is 0 Å². The summed E-state index contributed by atoms with van der Waals surface area (Å²) in [5, 5.41) is 7.81. The summed E-state index contributed by atoms with van der Waals surface area (Å²) in [7, 11) is 0. The molecule has 8 heteroatoms. The molecule has 1 aromatic carbocycles. The van der Waals surface area contributed by atoms with Gasteiger partial charge in [0.25, 0.3) is 0 Å². The molecule has 0 amide bonds. The van der Waals surface area contributed by atoms with Crippen molar-refractivity contribution in [3.8, 4) is 0 Å². The molecule has 0 aromatic heterocycles. The van der Waals surface area contributed by atoms with Crippen molar-refractivity contribution < 1.29 is 9.47 Å². The third kappa shape index (κ3) is 9.08. The minimum Gasteiger partial charge on any atom is -0.381 e. The zero-order valence-electron chi connectivity index (χ0n) is 15.1. The van der Waals surface area contributed by atoms with Gasteiger partial charge in [-0.1, -0.05) is 29.3 Å². The fourth-order valence-corrected chi connectivity index (χ4v) is 2.97. The van der Waals surface area contributed by atoms with E-state index in [0.717, 1.165) is 63.9 Å². The Labute approximate surface area is 183 Å². The van der Waals surface area contributed by atoms with Crippen molar-refractivity contribution in [3.05, 3.63) is 33.8 Å². The van der Waals surface area contributed by atoms with Gasteiger partial charge in [0.15, 0.2) is 5.96 Å². The zero-order valence-corrected chi connectivity index (χ0v) is 18.9. The van der Waals surface area contributed by atoms with E-state index in [0.29, 0.717) is 22.5 Å². The fourth-order valence-electron chi connectivity index (χ4n) is 2.50. The van der Waals surface area contributed by atoms with E-state index in [1.807, 2.05) is 19.1 Å². The van der Waals surface area contributed by atoms with E-state index in [4.69, 9.17) is 32.7 Å². The van der Waals surface area contributed by atoms with E-state index >= 15 is 0 Å². The summed E-state index contributed by atoms with van der Waals surface area (Å²) in [5.41, 5.74) is 0.949. The Hall–Kier alpha value is -0.280. The van der Waals surface area contributed by atoms with Crippen LogP contribution in [-0.2, 0) is 16.0 Å². The summed E-state index contributed by atoms with van der Waals surface area (Å²) in [6.45, 7) is 7.40. The minimum absolute atomic E-state index is 0. The molecular formula is C18H28Cl2IN3O2. The van der Waals surface area contributed by atoms with Gasteiger partial charge >= 0.3 is 0 Å². The number of nitrogens with zero attached hydrogens (tertiary/aromatic N) is 1. The molecule has 0 radical (unpaired) electrons. The predicted octanol–water partition coefficient (Wildman–Crippen LogP) is 4.11. The molecule has 5 nitrogen and oxygen atoms in total. The average Bonchev–Trinajstić information content (AvgIpc) is 3.10. The summed E-state index contributed by atoms with van der Waals surface area (Å²) in [6, 6.07) is 5.46. The molecule has 1 saturated heterocycles. The number of ether oxygens (including phenoxy) is 2. The van der Waals surface area contributed by atoms with Gasteiger partial charge < -0.3 is 20.1 Å². The Morgan fingerprint density at radius 3 is 2.88 bits per heavy atom. The quantitative estimate of drug-likeness (QED) is 0.225. The van der Waals surface area contributed by atoms with Crippen LogP contribution in [0.1, 0.15) is 25.3 Å². The van der Waals surface area contributed by atoms with Gasteiger partial charge in [-0.2, -0.15) is 0 Å². The summed E-state index contributed by atoms with van der Waals surface area (Å²) in [5.74, 6) is 1.34. The van der Waals surface area contributed by atoms with Crippen molar-refractivity contribution in [3.63, 3.8) is 0 Å². The number of guanidine groups is 1. The Kier molecular flexibility index (Phi) is 12.6. The highest BCUT2D eigenvalue weighted by atomic mass is 127. The molecule has 1 unspecified atom stereocenters. The summed E-state index contributed by atoms with van der Waals surface area (Å²) >= 11 is 12.1. The molecule has 2 N–H and O–H groups in total. The van der Waals surface area contributed by atoms with Gasteiger partial charge in [-0.15, -0.1) is 24.0 Å². The lowest BCUT2D eigenvalue weighted by atomic mass is 10.1. The van der Waals surface area contributed by atoms with Gasteiger partial charge in [0.05, 0.1) is 19.8 Å². The van der Waals surface area contributed by atoms with E-state index in [1.165, 1.54) is 0 Å². The van der Waals surface area contributed by atoms with Crippen LogP contribution in [0.3, 0.4) is 0 Å². The molecule has 26 heavy (non-hydrogen) atoms. The second kappa shape index (κ2) is 13.8. The van der Waals surface area contributed by atoms with Crippen molar-refractivity contribution in [1.82, 2.24) is 10.6 Å². The van der Waals surface area contributed by atoms with E-state index < -0.39 is 0 Å². The zero-order chi connectivity index (χ0) is 17.9. The van der Waals surface area contributed by atoms with Crippen LogP contribution in [0.25, 0.3) is 0 Å². The number of aliphatic imine (C=N–C) groups is 1. The number of benzene rings is 1. The van der Waals surface area contributed by atoms with E-state index in [2.05, 4.69) is 15.6 Å². The van der Waals surface area contributed by atoms with Gasteiger partial charge in [-0.05, 0) is 37.5 Å². The van der Waals surface area contributed by atoms with Crippen LogP contribution in [-0.4, -0.2) is 45.5 Å². The van der Waals surface area contributed by atoms with Crippen molar-refractivity contribution in [1.29, 1.82) is 0 Å². The Morgan fingerprint density at radius 1 is 1.35 bits per heavy atom. The first-order valence-electron chi connectivity index (χ1n) is 8.80. The number of rotatable bonds is 9. The highest BCUT2D eigenvalue weighted by molar-refractivity contribution is 14.0. The van der Waals surface area contributed by atoms with Crippen LogP contribution in [0.2, 0.25) is 10.0 Å². The largest absolute Gasteiger partial charge is 0.381 e. The van der Waals surface area contributed by atoms with Crippen molar-refractivity contribution >= 4 is 53.1 Å². The minimum atomic E-state index is 0. The van der Waals surface area contributed by atoms with Gasteiger partial charge in [-0.3, -0.25) is 0 Å². The molecule has 0 spiro atoms. The summed E-state index contributed by atoms with van der Waals surface area (Å²) < 4.78 is 11.0. The molecular weight excluding hydrogens is 488 g/mol. The third-order valence-electron chi connectivity index (χ3n) is 3.90. The molecule has 1 aliphatic rings. The second-order valence-corrected chi connectivity index (χ2v) is 6.86. The average molecular weight is 516 g/mol. The molecule has 1 aromatic rings. The maximum Gasteiger partial charge on any atom is 0.191 e. The lowest BCUT2D eigenvalue weighted by Crippen LogP contribution is -2.38. The highest BCUT2D eigenvalue weighted by Gasteiger charge is 2.15. The first-order chi connectivity index (χ1) is 12.2. The molecule has 2 rings (SSSR count). The Bertz CT molecular complexity index is 555. The van der Waals surface area contributed by atoms with Crippen molar-refractivity contribution in [2.45, 2.75) is 26.3 Å². The Balaban J connectivity index is 0.00000338. The monoisotopic (exact) mass is 515 g/mol. The summed E-state index contributed by atoms with van der Waals surface area (Å²) in [6.07, 6.45) is 2.04. The topological polar surface area (TPSA) is 54.9 Å². The molecule has 148 valence electrons. The van der Waals surface area contributed by atoms with Crippen molar-refractivity contribution in [2.75, 3.05) is 39.5 Å². The smallest absolute Gasteiger partial charge is 0.191 e. The van der Waals surface area contributed by atoms with Crippen LogP contribution in [0.5, 0.6) is 0 Å². The first-order valence-corrected chi connectivity index (χ1v) is 9.56. The number of hydrogen-bond donors (Lipinski definition) is 2. The maximum absolute atomic E-state index is 6.19. The predicted molar refractivity (Wildman–Crippen MR) is 119 cm³/mol. The second-order valence-electron chi connectivity index (χ2n) is 6.02. The number of halogens is 3. The van der Waals surface area contributed by atoms with E-state index in [9.17, 15) is 0 Å². The molecule has 1 heterocycles. The first kappa shape index (κ1) is 23.8. The normalized spacial score (nSPS) is 17.0.